The lowest BCUT2D eigenvalue weighted by Gasteiger charge is -2.24. The van der Waals surface area contributed by atoms with Gasteiger partial charge in [0.15, 0.2) is 0 Å². The molecule has 0 aromatic heterocycles. The van der Waals surface area contributed by atoms with Crippen molar-refractivity contribution in [3.8, 4) is 5.75 Å². The summed E-state index contributed by atoms with van der Waals surface area (Å²) in [6.07, 6.45) is 0. The third-order valence-corrected chi connectivity index (χ3v) is 4.68. The van der Waals surface area contributed by atoms with Gasteiger partial charge in [-0.25, -0.2) is 4.39 Å². The molecule has 0 saturated carbocycles. The number of carbonyl (C=O) groups is 1. The largest absolute Gasteiger partial charge is 0.497 e. The highest BCUT2D eigenvalue weighted by Crippen LogP contribution is 2.22. The molecule has 5 heteroatoms. The van der Waals surface area contributed by atoms with Crippen molar-refractivity contribution in [2.45, 2.75) is 19.5 Å². The Morgan fingerprint density at radius 2 is 1.85 bits per heavy atom. The minimum absolute atomic E-state index is 0.173. The van der Waals surface area contributed by atoms with Gasteiger partial charge in [-0.2, -0.15) is 0 Å². The van der Waals surface area contributed by atoms with Gasteiger partial charge in [0, 0.05) is 12.2 Å². The fourth-order valence-electron chi connectivity index (χ4n) is 2.94. The summed E-state index contributed by atoms with van der Waals surface area (Å²) in [4.78, 5) is 14.4. The molecule has 1 amide bonds. The highest BCUT2D eigenvalue weighted by Gasteiger charge is 2.18. The Morgan fingerprint density at radius 1 is 1.11 bits per heavy atom. The van der Waals surface area contributed by atoms with Gasteiger partial charge in [0.05, 0.1) is 13.2 Å². The normalized spacial score (nSPS) is 12.2. The Bertz CT molecular complexity index is 958. The molecule has 0 aliphatic carbocycles. The Morgan fingerprint density at radius 3 is 2.59 bits per heavy atom. The van der Waals surface area contributed by atoms with Crippen molar-refractivity contribution in [2.75, 3.05) is 19.5 Å². The van der Waals surface area contributed by atoms with E-state index in [0.29, 0.717) is 12.2 Å². The Balaban J connectivity index is 1.67. The zero-order chi connectivity index (χ0) is 19.4. The first-order valence-corrected chi connectivity index (χ1v) is 8.79. The molecule has 27 heavy (non-hydrogen) atoms. The van der Waals surface area contributed by atoms with Crippen LogP contribution in [0.2, 0.25) is 0 Å². The summed E-state index contributed by atoms with van der Waals surface area (Å²) in [5.41, 5.74) is 1.57. The lowest BCUT2D eigenvalue weighted by molar-refractivity contribution is -0.120. The van der Waals surface area contributed by atoms with Crippen molar-refractivity contribution in [3.05, 3.63) is 72.0 Å². The fourth-order valence-corrected chi connectivity index (χ4v) is 2.94. The van der Waals surface area contributed by atoms with Crippen LogP contribution in [0, 0.1) is 5.82 Å². The molecule has 0 aliphatic rings. The predicted molar refractivity (Wildman–Crippen MR) is 106 cm³/mol. The highest BCUT2D eigenvalue weighted by molar-refractivity contribution is 5.94. The van der Waals surface area contributed by atoms with Gasteiger partial charge in [-0.05, 0) is 66.7 Å². The summed E-state index contributed by atoms with van der Waals surface area (Å²) in [6, 6.07) is 17.7. The van der Waals surface area contributed by atoms with Gasteiger partial charge in [-0.1, -0.05) is 24.3 Å². The molecule has 1 N–H and O–H groups in total. The van der Waals surface area contributed by atoms with Crippen LogP contribution in [0.3, 0.4) is 0 Å². The molecule has 0 bridgehead atoms. The molecule has 0 heterocycles. The maximum absolute atomic E-state index is 13.3. The van der Waals surface area contributed by atoms with Gasteiger partial charge in [0.25, 0.3) is 0 Å². The van der Waals surface area contributed by atoms with E-state index in [-0.39, 0.29) is 17.8 Å². The van der Waals surface area contributed by atoms with E-state index in [0.717, 1.165) is 22.1 Å². The molecule has 0 radical (unpaired) electrons. The summed E-state index contributed by atoms with van der Waals surface area (Å²) in [5.74, 6) is 0.283. The van der Waals surface area contributed by atoms with E-state index < -0.39 is 0 Å². The molecular weight excluding hydrogens is 343 g/mol. The summed E-state index contributed by atoms with van der Waals surface area (Å²) in [5, 5.41) is 4.99. The molecule has 1 atom stereocenters. The second-order valence-corrected chi connectivity index (χ2v) is 6.64. The highest BCUT2D eigenvalue weighted by atomic mass is 19.1. The predicted octanol–water partition coefficient (Wildman–Crippen LogP) is 4.45. The monoisotopic (exact) mass is 366 g/mol. The van der Waals surface area contributed by atoms with E-state index in [1.807, 2.05) is 37.1 Å². The van der Waals surface area contributed by atoms with Crippen LogP contribution in [0.25, 0.3) is 10.8 Å². The number of anilines is 1. The maximum atomic E-state index is 13.3. The number of nitrogens with zero attached hydrogens (tertiary/aromatic N) is 1. The minimum Gasteiger partial charge on any atom is -0.497 e. The quantitative estimate of drug-likeness (QED) is 0.701. The number of carbonyl (C=O) groups excluding carboxylic acids is 1. The zero-order valence-electron chi connectivity index (χ0n) is 15.7. The second-order valence-electron chi connectivity index (χ2n) is 6.64. The average molecular weight is 366 g/mol. The van der Waals surface area contributed by atoms with E-state index in [1.165, 1.54) is 12.1 Å². The van der Waals surface area contributed by atoms with Gasteiger partial charge >= 0.3 is 0 Å². The topological polar surface area (TPSA) is 41.6 Å². The molecule has 3 rings (SSSR count). The maximum Gasteiger partial charge on any atom is 0.241 e. The number of amides is 1. The number of fused-ring (bicyclic) bond motifs is 1. The van der Waals surface area contributed by atoms with E-state index in [9.17, 15) is 9.18 Å². The van der Waals surface area contributed by atoms with Crippen LogP contribution in [-0.2, 0) is 11.3 Å². The van der Waals surface area contributed by atoms with E-state index >= 15 is 0 Å². The Labute approximate surface area is 158 Å². The standard InChI is InChI=1S/C22H23FN2O2/c1-15(22(26)24-20-6-4-5-19(23)13-20)25(2)14-16-7-8-18-12-21(27-3)10-9-17(18)11-16/h4-13,15H,14H2,1-3H3,(H,24,26)/t15-/m1/s1. The van der Waals surface area contributed by atoms with E-state index in [4.69, 9.17) is 4.74 Å². The third kappa shape index (κ3) is 4.63. The lowest BCUT2D eigenvalue weighted by atomic mass is 10.1. The summed E-state index contributed by atoms with van der Waals surface area (Å²) >= 11 is 0. The number of ether oxygens (including phenoxy) is 1. The fraction of sp³-hybridized carbons (Fsp3) is 0.227. The molecule has 4 nitrogen and oxygen atoms in total. The number of likely N-dealkylation sites (N-methyl/N-ethyl adjacent to an activating group) is 1. The number of hydrogen-bond acceptors (Lipinski definition) is 3. The van der Waals surface area contributed by atoms with Crippen LogP contribution in [-0.4, -0.2) is 31.0 Å². The van der Waals surface area contributed by atoms with Gasteiger partial charge in [0.1, 0.15) is 11.6 Å². The van der Waals surface area contributed by atoms with E-state index in [1.54, 1.807) is 19.2 Å². The molecule has 0 saturated heterocycles. The number of benzene rings is 3. The Hall–Kier alpha value is -2.92. The first-order chi connectivity index (χ1) is 13.0. The summed E-state index contributed by atoms with van der Waals surface area (Å²) < 4.78 is 18.5. The van der Waals surface area contributed by atoms with Gasteiger partial charge in [0.2, 0.25) is 5.91 Å². The summed E-state index contributed by atoms with van der Waals surface area (Å²) in [7, 11) is 3.55. The van der Waals surface area contributed by atoms with Crippen LogP contribution in [0.1, 0.15) is 12.5 Å². The van der Waals surface area contributed by atoms with Crippen molar-refractivity contribution in [3.63, 3.8) is 0 Å². The van der Waals surface area contributed by atoms with E-state index in [2.05, 4.69) is 23.5 Å². The molecular formula is C22H23FN2O2. The molecule has 0 unspecified atom stereocenters. The van der Waals surface area contributed by atoms with Crippen molar-refractivity contribution in [1.82, 2.24) is 4.90 Å². The lowest BCUT2D eigenvalue weighted by Crippen LogP contribution is -2.39. The number of hydrogen-bond donors (Lipinski definition) is 1. The van der Waals surface area contributed by atoms with Crippen molar-refractivity contribution in [2.24, 2.45) is 0 Å². The first-order valence-electron chi connectivity index (χ1n) is 8.79. The van der Waals surface area contributed by atoms with Crippen molar-refractivity contribution in [1.29, 1.82) is 0 Å². The first kappa shape index (κ1) is 18.9. The number of rotatable bonds is 6. The van der Waals surface area contributed by atoms with Crippen LogP contribution in [0.5, 0.6) is 5.75 Å². The van der Waals surface area contributed by atoms with Crippen LogP contribution in [0.4, 0.5) is 10.1 Å². The Kier molecular flexibility index (Phi) is 5.72. The zero-order valence-corrected chi connectivity index (χ0v) is 15.7. The van der Waals surface area contributed by atoms with Crippen molar-refractivity contribution >= 4 is 22.4 Å². The van der Waals surface area contributed by atoms with Crippen LogP contribution >= 0.6 is 0 Å². The second kappa shape index (κ2) is 8.18. The summed E-state index contributed by atoms with van der Waals surface area (Å²) in [6.45, 7) is 2.46. The van der Waals surface area contributed by atoms with Crippen LogP contribution in [0.15, 0.2) is 60.7 Å². The molecule has 0 aliphatic heterocycles. The minimum atomic E-state index is -0.374. The molecule has 3 aromatic rings. The van der Waals surface area contributed by atoms with Gasteiger partial charge in [-0.3, -0.25) is 9.69 Å². The number of nitrogens with one attached hydrogen (secondary N) is 1. The molecule has 3 aromatic carbocycles. The number of methoxy groups -OCH3 is 1. The van der Waals surface area contributed by atoms with Crippen LogP contribution < -0.4 is 10.1 Å². The van der Waals surface area contributed by atoms with Gasteiger partial charge < -0.3 is 10.1 Å². The van der Waals surface area contributed by atoms with Gasteiger partial charge in [-0.15, -0.1) is 0 Å². The smallest absolute Gasteiger partial charge is 0.241 e. The van der Waals surface area contributed by atoms with Crippen molar-refractivity contribution < 1.29 is 13.9 Å². The third-order valence-electron chi connectivity index (χ3n) is 4.68. The molecule has 0 spiro atoms. The molecule has 0 fully saturated rings. The average Bonchev–Trinajstić information content (AvgIpc) is 2.66. The molecule has 140 valence electrons. The number of halogens is 1. The SMILES string of the molecule is COc1ccc2cc(CN(C)[C@H](C)C(=O)Nc3cccc(F)c3)ccc2c1.